The number of nitrogens with zero attached hydrogens (tertiary/aromatic N) is 2. The molecule has 2 amide bonds. The minimum absolute atomic E-state index is 0.0880. The van der Waals surface area contributed by atoms with Crippen LogP contribution in [-0.4, -0.2) is 65.1 Å². The molecule has 1 atom stereocenters. The molecule has 2 aliphatic rings. The molecule has 0 aromatic heterocycles. The van der Waals surface area contributed by atoms with Crippen LogP contribution in [-0.2, 0) is 14.3 Å². The summed E-state index contributed by atoms with van der Waals surface area (Å²) < 4.78 is 5.62. The zero-order valence-corrected chi connectivity index (χ0v) is 13.9. The van der Waals surface area contributed by atoms with Gasteiger partial charge < -0.3 is 14.5 Å². The van der Waals surface area contributed by atoms with Gasteiger partial charge in [0.2, 0.25) is 11.8 Å². The topological polar surface area (TPSA) is 49.9 Å². The van der Waals surface area contributed by atoms with Crippen LogP contribution in [0.5, 0.6) is 0 Å². The fraction of sp³-hybridized carbons (Fsp3) is 0.867. The van der Waals surface area contributed by atoms with E-state index in [4.69, 9.17) is 4.74 Å². The Labute approximate surface area is 131 Å². The van der Waals surface area contributed by atoms with Crippen LogP contribution in [0.1, 0.15) is 39.5 Å². The summed E-state index contributed by atoms with van der Waals surface area (Å²) >= 11 is 1.58. The summed E-state index contributed by atoms with van der Waals surface area (Å²) in [6.45, 7) is 5.82. The average molecular weight is 314 g/mol. The van der Waals surface area contributed by atoms with Gasteiger partial charge in [0, 0.05) is 19.2 Å². The lowest BCUT2D eigenvalue weighted by molar-refractivity contribution is -0.141. The molecule has 0 spiro atoms. The molecule has 6 heteroatoms. The van der Waals surface area contributed by atoms with Crippen molar-refractivity contribution in [1.29, 1.82) is 0 Å². The number of likely N-dealkylation sites (tertiary alicyclic amines) is 1. The molecule has 2 rings (SSSR count). The molecule has 2 fully saturated rings. The molecular weight excluding hydrogens is 288 g/mol. The SMILES string of the molecule is CC(C)OCC[C@H]1CCCCN1C(=O)CN1CSCC1=O. The number of carbonyl (C=O) groups is 2. The van der Waals surface area contributed by atoms with E-state index in [0.717, 1.165) is 25.8 Å². The average Bonchev–Trinajstić information content (AvgIpc) is 2.84. The lowest BCUT2D eigenvalue weighted by atomic mass is 9.99. The van der Waals surface area contributed by atoms with Crippen molar-refractivity contribution in [2.24, 2.45) is 0 Å². The van der Waals surface area contributed by atoms with Crippen molar-refractivity contribution >= 4 is 23.6 Å². The van der Waals surface area contributed by atoms with Gasteiger partial charge >= 0.3 is 0 Å². The lowest BCUT2D eigenvalue weighted by Gasteiger charge is -2.36. The molecule has 0 unspecified atom stereocenters. The molecule has 5 nitrogen and oxygen atoms in total. The predicted molar refractivity (Wildman–Crippen MR) is 84.1 cm³/mol. The van der Waals surface area contributed by atoms with Crippen molar-refractivity contribution < 1.29 is 14.3 Å². The van der Waals surface area contributed by atoms with E-state index in [1.54, 1.807) is 16.7 Å². The summed E-state index contributed by atoms with van der Waals surface area (Å²) in [5.74, 6) is 1.35. The summed E-state index contributed by atoms with van der Waals surface area (Å²) in [5, 5.41) is 0. The summed E-state index contributed by atoms with van der Waals surface area (Å²) in [7, 11) is 0. The molecule has 21 heavy (non-hydrogen) atoms. The summed E-state index contributed by atoms with van der Waals surface area (Å²) in [6.07, 6.45) is 4.42. The predicted octanol–water partition coefficient (Wildman–Crippen LogP) is 1.72. The van der Waals surface area contributed by atoms with Gasteiger partial charge in [-0.1, -0.05) is 0 Å². The molecule has 0 radical (unpaired) electrons. The molecule has 0 aromatic rings. The van der Waals surface area contributed by atoms with Crippen LogP contribution >= 0.6 is 11.8 Å². The van der Waals surface area contributed by atoms with Gasteiger partial charge in [-0.25, -0.2) is 0 Å². The van der Waals surface area contributed by atoms with E-state index in [2.05, 4.69) is 0 Å². The molecule has 2 heterocycles. The zero-order valence-electron chi connectivity index (χ0n) is 13.0. The highest BCUT2D eigenvalue weighted by atomic mass is 32.2. The highest BCUT2D eigenvalue weighted by Gasteiger charge is 2.30. The van der Waals surface area contributed by atoms with Crippen LogP contribution < -0.4 is 0 Å². The number of amides is 2. The first-order chi connectivity index (χ1) is 10.1. The Hall–Kier alpha value is -0.750. The first-order valence-electron chi connectivity index (χ1n) is 7.84. The van der Waals surface area contributed by atoms with Crippen LogP contribution in [0.3, 0.4) is 0 Å². The third-order valence-electron chi connectivity index (χ3n) is 4.00. The largest absolute Gasteiger partial charge is 0.379 e. The van der Waals surface area contributed by atoms with E-state index < -0.39 is 0 Å². The van der Waals surface area contributed by atoms with Gasteiger partial charge in [0.15, 0.2) is 0 Å². The van der Waals surface area contributed by atoms with Gasteiger partial charge in [-0.15, -0.1) is 11.8 Å². The molecule has 2 aliphatic heterocycles. The number of thioether (sulfide) groups is 1. The minimum atomic E-state index is 0.0880. The Morgan fingerprint density at radius 1 is 1.43 bits per heavy atom. The molecule has 120 valence electrons. The standard InChI is InChI=1S/C15H26N2O3S/c1-12(2)20-8-6-13-5-3-4-7-17(13)14(18)9-16-11-21-10-15(16)19/h12-13H,3-11H2,1-2H3/t13-/m1/s1. The summed E-state index contributed by atoms with van der Waals surface area (Å²) in [5.41, 5.74) is 0. The second-order valence-electron chi connectivity index (χ2n) is 6.01. The van der Waals surface area contributed by atoms with E-state index in [1.165, 1.54) is 6.42 Å². The molecular formula is C15H26N2O3S. The van der Waals surface area contributed by atoms with E-state index in [0.29, 0.717) is 18.2 Å². The van der Waals surface area contributed by atoms with Crippen LogP contribution in [0.4, 0.5) is 0 Å². The quantitative estimate of drug-likeness (QED) is 0.749. The second-order valence-corrected chi connectivity index (χ2v) is 6.97. The van der Waals surface area contributed by atoms with Gasteiger partial charge in [-0.3, -0.25) is 9.59 Å². The van der Waals surface area contributed by atoms with Crippen molar-refractivity contribution in [3.63, 3.8) is 0 Å². The van der Waals surface area contributed by atoms with Crippen molar-refractivity contribution in [3.8, 4) is 0 Å². The molecule has 0 N–H and O–H groups in total. The number of hydrogen-bond donors (Lipinski definition) is 0. The second kappa shape index (κ2) is 8.03. The first kappa shape index (κ1) is 16.6. The summed E-state index contributed by atoms with van der Waals surface area (Å²) in [6, 6.07) is 0.273. The Morgan fingerprint density at radius 2 is 2.24 bits per heavy atom. The zero-order chi connectivity index (χ0) is 15.2. The fourth-order valence-electron chi connectivity index (χ4n) is 2.86. The number of ether oxygens (including phenoxy) is 1. The maximum atomic E-state index is 12.5. The van der Waals surface area contributed by atoms with Gasteiger partial charge in [-0.2, -0.15) is 0 Å². The van der Waals surface area contributed by atoms with Crippen molar-refractivity contribution in [3.05, 3.63) is 0 Å². The third-order valence-corrected chi connectivity index (χ3v) is 4.95. The number of piperidine rings is 1. The monoisotopic (exact) mass is 314 g/mol. The smallest absolute Gasteiger partial charge is 0.242 e. The maximum Gasteiger partial charge on any atom is 0.242 e. The number of rotatable bonds is 6. The Balaban J connectivity index is 1.84. The Bertz CT molecular complexity index is 376. The Kier molecular flexibility index (Phi) is 6.36. The van der Waals surface area contributed by atoms with Crippen molar-refractivity contribution in [2.75, 3.05) is 31.3 Å². The molecule has 2 saturated heterocycles. The van der Waals surface area contributed by atoms with Gasteiger partial charge in [0.25, 0.3) is 0 Å². The lowest BCUT2D eigenvalue weighted by Crippen LogP contribution is -2.48. The van der Waals surface area contributed by atoms with Crippen LogP contribution in [0, 0.1) is 0 Å². The third kappa shape index (κ3) is 4.88. The molecule has 0 saturated carbocycles. The van der Waals surface area contributed by atoms with Gasteiger partial charge in [0.1, 0.15) is 6.54 Å². The highest BCUT2D eigenvalue weighted by molar-refractivity contribution is 8.00. The van der Waals surface area contributed by atoms with Gasteiger partial charge in [-0.05, 0) is 39.5 Å². The van der Waals surface area contributed by atoms with Crippen LogP contribution in [0.15, 0.2) is 0 Å². The summed E-state index contributed by atoms with van der Waals surface area (Å²) in [4.78, 5) is 27.8. The fourth-order valence-corrected chi connectivity index (χ4v) is 3.77. The van der Waals surface area contributed by atoms with E-state index in [-0.39, 0.29) is 30.5 Å². The molecule has 0 bridgehead atoms. The normalized spacial score (nSPS) is 23.2. The van der Waals surface area contributed by atoms with E-state index in [1.807, 2.05) is 18.7 Å². The first-order valence-corrected chi connectivity index (χ1v) is 9.00. The molecule has 0 aliphatic carbocycles. The van der Waals surface area contributed by atoms with Crippen molar-refractivity contribution in [1.82, 2.24) is 9.80 Å². The van der Waals surface area contributed by atoms with Crippen LogP contribution in [0.25, 0.3) is 0 Å². The molecule has 0 aromatic carbocycles. The number of carbonyl (C=O) groups excluding carboxylic acids is 2. The van der Waals surface area contributed by atoms with Gasteiger partial charge in [0.05, 0.1) is 17.7 Å². The van der Waals surface area contributed by atoms with Crippen LogP contribution in [0.2, 0.25) is 0 Å². The number of hydrogen-bond acceptors (Lipinski definition) is 4. The van der Waals surface area contributed by atoms with E-state index >= 15 is 0 Å². The highest BCUT2D eigenvalue weighted by Crippen LogP contribution is 2.21. The maximum absolute atomic E-state index is 12.5. The van der Waals surface area contributed by atoms with E-state index in [9.17, 15) is 9.59 Å². The minimum Gasteiger partial charge on any atom is -0.379 e. The van der Waals surface area contributed by atoms with Crippen molar-refractivity contribution in [2.45, 2.75) is 51.7 Å². The Morgan fingerprint density at radius 3 is 2.90 bits per heavy atom.